The predicted octanol–water partition coefficient (Wildman–Crippen LogP) is 9.21. The zero-order chi connectivity index (χ0) is 43.2. The standard InChI is InChI=1S/C49H60N8O5/c1-27(2)39(54-48(59)61-5)26-56-19-7-9-40(56)45-51-25-38(53-45)36-18-17-35(42-33-15-16-34(23-33)43(36)42)31-13-11-30-22-32(14-12-29(30)21-31)37-24-50-46(52-37)41-10-8-20-57(41)47(58)44(28(3)4)55-49(60)62-6/h11-14,17-18,21-22,24-25,27-28,33-34,39-41,44H,7-10,15-16,19-20,23,26H2,1-6H3,(H,50,52)(H,51,53)(H,54,59)(H,55,60). The first-order valence-electron chi connectivity index (χ1n) is 22.6. The van der Waals surface area contributed by atoms with Crippen LogP contribution in [0.4, 0.5) is 9.59 Å². The summed E-state index contributed by atoms with van der Waals surface area (Å²) in [5.74, 6) is 2.93. The third kappa shape index (κ3) is 7.84. The molecule has 0 spiro atoms. The van der Waals surface area contributed by atoms with E-state index in [1.165, 1.54) is 66.7 Å². The molecule has 9 rings (SSSR count). The molecule has 1 saturated carbocycles. The molecule has 4 N–H and O–H groups in total. The number of fused-ring (bicyclic) bond motifs is 6. The van der Waals surface area contributed by atoms with Gasteiger partial charge in [-0.2, -0.15) is 0 Å². The number of likely N-dealkylation sites (tertiary alicyclic amines) is 2. The van der Waals surface area contributed by atoms with Gasteiger partial charge in [0.15, 0.2) is 0 Å². The summed E-state index contributed by atoms with van der Waals surface area (Å²) in [6.07, 6.45) is 10.4. The Kier molecular flexibility index (Phi) is 11.6. The Morgan fingerprint density at radius 3 is 2.02 bits per heavy atom. The summed E-state index contributed by atoms with van der Waals surface area (Å²) in [6.45, 7) is 10.4. The van der Waals surface area contributed by atoms with Crippen LogP contribution in [-0.2, 0) is 14.3 Å². The molecule has 3 fully saturated rings. The van der Waals surface area contributed by atoms with Crippen molar-refractivity contribution in [3.8, 4) is 33.6 Å². The van der Waals surface area contributed by atoms with E-state index in [4.69, 9.17) is 19.4 Å². The SMILES string of the molecule is COC(=O)NC(CN1CCCC1c1ncc(-c2ccc(-c3ccc4cc(-c5cnc(C6CCCN6C(=O)C(NC(=O)OC)C(C)C)[nH]5)ccc4c3)c3c2C2CCC3C2)[nH]1)C(C)C. The predicted molar refractivity (Wildman–Crippen MR) is 239 cm³/mol. The van der Waals surface area contributed by atoms with Crippen LogP contribution >= 0.6 is 0 Å². The van der Waals surface area contributed by atoms with Crippen LogP contribution in [-0.4, -0.2) is 93.8 Å². The van der Waals surface area contributed by atoms with Crippen LogP contribution < -0.4 is 10.6 Å². The molecule has 62 heavy (non-hydrogen) atoms. The fourth-order valence-electron chi connectivity index (χ4n) is 10.8. The molecule has 4 aliphatic rings. The number of benzene rings is 3. The highest BCUT2D eigenvalue weighted by molar-refractivity contribution is 5.92. The van der Waals surface area contributed by atoms with Gasteiger partial charge in [-0.05, 0) is 120 Å². The minimum atomic E-state index is -0.677. The number of aromatic nitrogens is 4. The van der Waals surface area contributed by atoms with Gasteiger partial charge >= 0.3 is 12.2 Å². The molecule has 2 saturated heterocycles. The van der Waals surface area contributed by atoms with Crippen LogP contribution in [0.25, 0.3) is 44.4 Å². The largest absolute Gasteiger partial charge is 0.453 e. The number of carbonyl (C=O) groups excluding carboxylic acids is 3. The molecular formula is C49H60N8O5. The van der Waals surface area contributed by atoms with Crippen LogP contribution in [0, 0.1) is 11.8 Å². The maximum atomic E-state index is 13.7. The molecule has 13 heteroatoms. The lowest BCUT2D eigenvalue weighted by atomic mass is 9.82. The number of hydrogen-bond donors (Lipinski definition) is 4. The second-order valence-corrected chi connectivity index (χ2v) is 18.5. The summed E-state index contributed by atoms with van der Waals surface area (Å²) in [6, 6.07) is 17.3. The van der Waals surface area contributed by atoms with Gasteiger partial charge in [-0.1, -0.05) is 64.1 Å². The van der Waals surface area contributed by atoms with Gasteiger partial charge in [0, 0.05) is 30.3 Å². The van der Waals surface area contributed by atoms with E-state index in [9.17, 15) is 14.4 Å². The number of methoxy groups -OCH3 is 2. The fourth-order valence-corrected chi connectivity index (χ4v) is 10.8. The molecule has 2 aromatic heterocycles. The topological polar surface area (TPSA) is 158 Å². The molecule has 0 radical (unpaired) electrons. The van der Waals surface area contributed by atoms with Gasteiger partial charge in [-0.3, -0.25) is 9.69 Å². The van der Waals surface area contributed by atoms with E-state index in [0.717, 1.165) is 72.8 Å². The van der Waals surface area contributed by atoms with E-state index in [0.29, 0.717) is 18.4 Å². The van der Waals surface area contributed by atoms with Crippen molar-refractivity contribution in [2.24, 2.45) is 11.8 Å². The lowest BCUT2D eigenvalue weighted by Crippen LogP contribution is -2.51. The van der Waals surface area contributed by atoms with Crippen LogP contribution in [0.5, 0.6) is 0 Å². The summed E-state index contributed by atoms with van der Waals surface area (Å²) in [4.78, 5) is 59.2. The number of nitrogens with one attached hydrogen (secondary N) is 4. The first-order valence-corrected chi connectivity index (χ1v) is 22.6. The average Bonchev–Trinajstić information content (AvgIpc) is 4.14. The molecule has 13 nitrogen and oxygen atoms in total. The van der Waals surface area contributed by atoms with E-state index < -0.39 is 12.1 Å². The molecule has 3 amide bonds. The minimum absolute atomic E-state index is 0.0119. The maximum absolute atomic E-state index is 13.7. The van der Waals surface area contributed by atoms with Gasteiger partial charge in [0.25, 0.3) is 0 Å². The average molecular weight is 841 g/mol. The number of alkyl carbamates (subject to hydrolysis) is 2. The fraction of sp³-hybridized carbons (Fsp3) is 0.490. The summed E-state index contributed by atoms with van der Waals surface area (Å²) in [5, 5.41) is 8.10. The molecule has 6 atom stereocenters. The number of amides is 3. The van der Waals surface area contributed by atoms with Crippen molar-refractivity contribution in [3.63, 3.8) is 0 Å². The van der Waals surface area contributed by atoms with E-state index in [2.05, 4.69) is 87.9 Å². The van der Waals surface area contributed by atoms with Crippen molar-refractivity contribution in [1.29, 1.82) is 0 Å². The van der Waals surface area contributed by atoms with Gasteiger partial charge < -0.3 is 35.0 Å². The third-order valence-corrected chi connectivity index (χ3v) is 14.1. The number of H-pyrrole nitrogens is 2. The number of nitrogens with zero attached hydrogens (tertiary/aromatic N) is 4. The molecule has 4 heterocycles. The van der Waals surface area contributed by atoms with Crippen molar-refractivity contribution in [1.82, 2.24) is 40.4 Å². The molecular weight excluding hydrogens is 781 g/mol. The Balaban J connectivity index is 0.943. The molecule has 6 unspecified atom stereocenters. The molecule has 2 aliphatic heterocycles. The summed E-state index contributed by atoms with van der Waals surface area (Å²) < 4.78 is 9.72. The van der Waals surface area contributed by atoms with Crippen LogP contribution in [0.15, 0.2) is 60.9 Å². The van der Waals surface area contributed by atoms with Crippen LogP contribution in [0.1, 0.15) is 119 Å². The monoisotopic (exact) mass is 840 g/mol. The van der Waals surface area contributed by atoms with E-state index in [1.54, 1.807) is 0 Å². The Labute approximate surface area is 363 Å². The van der Waals surface area contributed by atoms with E-state index in [1.807, 2.05) is 31.1 Å². The third-order valence-electron chi connectivity index (χ3n) is 14.1. The molecule has 326 valence electrons. The highest BCUT2D eigenvalue weighted by Crippen LogP contribution is 2.58. The first-order chi connectivity index (χ1) is 30.0. The van der Waals surface area contributed by atoms with E-state index in [-0.39, 0.29) is 42.0 Å². The van der Waals surface area contributed by atoms with Crippen molar-refractivity contribution >= 4 is 28.9 Å². The van der Waals surface area contributed by atoms with Gasteiger partial charge in [0.05, 0.1) is 50.1 Å². The van der Waals surface area contributed by atoms with Crippen molar-refractivity contribution in [2.45, 2.75) is 109 Å². The molecule has 2 bridgehead atoms. The zero-order valence-corrected chi connectivity index (χ0v) is 36.8. The number of imidazole rings is 2. The summed E-state index contributed by atoms with van der Waals surface area (Å²) in [7, 11) is 2.72. The molecule has 2 aliphatic carbocycles. The van der Waals surface area contributed by atoms with Gasteiger partial charge in [-0.25, -0.2) is 19.6 Å². The lowest BCUT2D eigenvalue weighted by molar-refractivity contribution is -0.135. The number of hydrogen-bond acceptors (Lipinski definition) is 8. The summed E-state index contributed by atoms with van der Waals surface area (Å²) in [5.41, 5.74) is 9.87. The number of carbonyl (C=O) groups is 3. The van der Waals surface area contributed by atoms with Gasteiger partial charge in [0.2, 0.25) is 5.91 Å². The second-order valence-electron chi connectivity index (χ2n) is 18.5. The molecule has 5 aromatic rings. The van der Waals surface area contributed by atoms with Crippen molar-refractivity contribution < 1.29 is 23.9 Å². The maximum Gasteiger partial charge on any atom is 0.407 e. The highest BCUT2D eigenvalue weighted by atomic mass is 16.5. The first kappa shape index (κ1) is 41.7. The quantitative estimate of drug-likeness (QED) is 0.0969. The number of ether oxygens (including phenoxy) is 2. The highest BCUT2D eigenvalue weighted by Gasteiger charge is 2.41. The van der Waals surface area contributed by atoms with Crippen LogP contribution in [0.2, 0.25) is 0 Å². The van der Waals surface area contributed by atoms with Crippen molar-refractivity contribution in [3.05, 3.63) is 83.7 Å². The number of rotatable bonds is 12. The normalized spacial score (nSPS) is 21.8. The van der Waals surface area contributed by atoms with Gasteiger partial charge in [0.1, 0.15) is 17.7 Å². The zero-order valence-electron chi connectivity index (χ0n) is 36.8. The smallest absolute Gasteiger partial charge is 0.407 e. The second kappa shape index (κ2) is 17.2. The van der Waals surface area contributed by atoms with Gasteiger partial charge in [-0.15, -0.1) is 0 Å². The Morgan fingerprint density at radius 2 is 1.31 bits per heavy atom. The Morgan fingerprint density at radius 1 is 0.710 bits per heavy atom. The van der Waals surface area contributed by atoms with Crippen molar-refractivity contribution in [2.75, 3.05) is 33.9 Å². The van der Waals surface area contributed by atoms with Crippen LogP contribution in [0.3, 0.4) is 0 Å². The minimum Gasteiger partial charge on any atom is -0.453 e. The number of aromatic amines is 2. The summed E-state index contributed by atoms with van der Waals surface area (Å²) >= 11 is 0. The van der Waals surface area contributed by atoms with E-state index >= 15 is 0 Å². The Bertz CT molecular complexity index is 2470. The Hall–Kier alpha value is -5.69. The lowest BCUT2D eigenvalue weighted by Gasteiger charge is -2.30. The molecule has 3 aromatic carbocycles.